The number of fused-ring (bicyclic) bond motifs is 1. The predicted molar refractivity (Wildman–Crippen MR) is 110 cm³/mol. The summed E-state index contributed by atoms with van der Waals surface area (Å²) in [7, 11) is 1.66. The van der Waals surface area contributed by atoms with Gasteiger partial charge in [-0.05, 0) is 25.5 Å². The molecule has 1 unspecified atom stereocenters. The van der Waals surface area contributed by atoms with Crippen LogP contribution >= 0.6 is 24.0 Å². The van der Waals surface area contributed by atoms with Crippen molar-refractivity contribution in [3.8, 4) is 0 Å². The first-order valence-electron chi connectivity index (χ1n) is 8.64. The van der Waals surface area contributed by atoms with Crippen molar-refractivity contribution in [1.82, 2.24) is 30.4 Å². The maximum Gasteiger partial charge on any atom is 0.191 e. The van der Waals surface area contributed by atoms with E-state index >= 15 is 0 Å². The monoisotopic (exact) mass is 471 g/mol. The van der Waals surface area contributed by atoms with E-state index < -0.39 is 0 Å². The van der Waals surface area contributed by atoms with Crippen LogP contribution in [0.5, 0.6) is 0 Å². The Morgan fingerprint density at radius 3 is 3.04 bits per heavy atom. The van der Waals surface area contributed by atoms with Crippen LogP contribution < -0.4 is 10.6 Å². The first-order chi connectivity index (χ1) is 12.3. The predicted octanol–water partition coefficient (Wildman–Crippen LogP) is 1.51. The molecule has 8 nitrogen and oxygen atoms in total. The zero-order valence-corrected chi connectivity index (χ0v) is 17.5. The molecule has 0 bridgehead atoms. The summed E-state index contributed by atoms with van der Waals surface area (Å²) in [6, 6.07) is 6.13. The van der Waals surface area contributed by atoms with Gasteiger partial charge >= 0.3 is 0 Å². The van der Waals surface area contributed by atoms with E-state index in [0.29, 0.717) is 13.2 Å². The van der Waals surface area contributed by atoms with Gasteiger partial charge in [0, 0.05) is 32.3 Å². The van der Waals surface area contributed by atoms with Crippen LogP contribution in [0.25, 0.3) is 0 Å². The molecule has 3 heterocycles. The number of aryl methyl sites for hydroxylation is 1. The molecule has 1 aliphatic rings. The molecule has 2 aromatic rings. The highest BCUT2D eigenvalue weighted by Gasteiger charge is 2.22. The minimum Gasteiger partial charge on any atom is -0.377 e. The fourth-order valence-electron chi connectivity index (χ4n) is 2.83. The third-order valence-electron chi connectivity index (χ3n) is 3.99. The molecule has 0 saturated heterocycles. The molecule has 0 radical (unpaired) electrons. The Kier molecular flexibility index (Phi) is 8.23. The van der Waals surface area contributed by atoms with Crippen molar-refractivity contribution in [2.75, 3.05) is 13.7 Å². The molecule has 0 aliphatic carbocycles. The number of ether oxygens (including phenoxy) is 1. The number of guanidine groups is 1. The highest BCUT2D eigenvalue weighted by Crippen LogP contribution is 2.13. The minimum absolute atomic E-state index is 0. The highest BCUT2D eigenvalue weighted by molar-refractivity contribution is 14.0. The molecular weight excluding hydrogens is 445 g/mol. The van der Waals surface area contributed by atoms with Crippen molar-refractivity contribution in [3.63, 3.8) is 0 Å². The van der Waals surface area contributed by atoms with Crippen LogP contribution in [0.3, 0.4) is 0 Å². The van der Waals surface area contributed by atoms with Crippen LogP contribution in [-0.4, -0.2) is 45.4 Å². The van der Waals surface area contributed by atoms with E-state index in [0.717, 1.165) is 49.2 Å². The lowest BCUT2D eigenvalue weighted by atomic mass is 10.1. The Labute approximate surface area is 170 Å². The summed E-state index contributed by atoms with van der Waals surface area (Å²) in [5, 5.41) is 11.3. The molecule has 2 aromatic heterocycles. The Morgan fingerprint density at radius 1 is 1.42 bits per heavy atom. The molecular formula is C17H26IN7O. The third-order valence-corrected chi connectivity index (χ3v) is 3.99. The van der Waals surface area contributed by atoms with E-state index in [4.69, 9.17) is 4.74 Å². The third kappa shape index (κ3) is 5.63. The molecule has 1 atom stereocenters. The standard InChI is InChI=1S/C17H25N7O.HI/c1-3-18-17(20-10-13-6-4-5-9-19-13)21-14-7-8-16-22-15(12-25-2)23-24(16)11-14;/h4-6,9,14H,3,7-8,10-12H2,1-2H3,(H2,18,20,21);1H. The Balaban J connectivity index is 0.00000243. The fourth-order valence-corrected chi connectivity index (χ4v) is 2.83. The SMILES string of the molecule is CCNC(=NCc1ccccn1)NC1CCc2nc(COC)nn2C1.I. The number of rotatable bonds is 6. The molecule has 2 N–H and O–H groups in total. The fraction of sp³-hybridized carbons (Fsp3) is 0.529. The number of halogens is 1. The summed E-state index contributed by atoms with van der Waals surface area (Å²) in [6.07, 6.45) is 3.68. The quantitative estimate of drug-likeness (QED) is 0.377. The van der Waals surface area contributed by atoms with E-state index in [-0.39, 0.29) is 30.0 Å². The normalized spacial score (nSPS) is 16.5. The summed E-state index contributed by atoms with van der Waals surface area (Å²) in [4.78, 5) is 13.5. The van der Waals surface area contributed by atoms with Gasteiger partial charge in [-0.2, -0.15) is 5.10 Å². The van der Waals surface area contributed by atoms with Crippen LogP contribution in [0.4, 0.5) is 0 Å². The molecule has 142 valence electrons. The first kappa shape index (κ1) is 20.6. The lowest BCUT2D eigenvalue weighted by molar-refractivity contribution is 0.177. The van der Waals surface area contributed by atoms with Gasteiger partial charge in [-0.1, -0.05) is 6.07 Å². The van der Waals surface area contributed by atoms with E-state index in [1.807, 2.05) is 22.9 Å². The van der Waals surface area contributed by atoms with Crippen LogP contribution in [0.15, 0.2) is 29.4 Å². The Hall–Kier alpha value is -1.75. The summed E-state index contributed by atoms with van der Waals surface area (Å²) in [6.45, 7) is 4.65. The molecule has 26 heavy (non-hydrogen) atoms. The maximum atomic E-state index is 5.11. The average molecular weight is 471 g/mol. The molecule has 0 aromatic carbocycles. The summed E-state index contributed by atoms with van der Waals surface area (Å²) in [5.74, 6) is 2.58. The van der Waals surface area contributed by atoms with Crippen LogP contribution in [-0.2, 0) is 30.9 Å². The van der Waals surface area contributed by atoms with Crippen molar-refractivity contribution in [3.05, 3.63) is 41.7 Å². The largest absolute Gasteiger partial charge is 0.377 e. The van der Waals surface area contributed by atoms with Gasteiger partial charge in [0.25, 0.3) is 0 Å². The maximum absolute atomic E-state index is 5.11. The number of pyridine rings is 1. The van der Waals surface area contributed by atoms with Crippen LogP contribution in [0, 0.1) is 0 Å². The summed E-state index contributed by atoms with van der Waals surface area (Å²) in [5.41, 5.74) is 0.950. The van der Waals surface area contributed by atoms with Gasteiger partial charge in [-0.3, -0.25) is 4.98 Å². The number of methoxy groups -OCH3 is 1. The number of hydrogen-bond donors (Lipinski definition) is 2. The van der Waals surface area contributed by atoms with Crippen LogP contribution in [0.2, 0.25) is 0 Å². The van der Waals surface area contributed by atoms with E-state index in [1.54, 1.807) is 13.3 Å². The van der Waals surface area contributed by atoms with Gasteiger partial charge in [0.15, 0.2) is 11.8 Å². The minimum atomic E-state index is 0. The highest BCUT2D eigenvalue weighted by atomic mass is 127. The zero-order valence-electron chi connectivity index (χ0n) is 15.2. The van der Waals surface area contributed by atoms with Gasteiger partial charge in [-0.15, -0.1) is 24.0 Å². The number of nitrogens with zero attached hydrogens (tertiary/aromatic N) is 5. The van der Waals surface area contributed by atoms with Gasteiger partial charge in [0.05, 0.1) is 18.8 Å². The number of nitrogens with one attached hydrogen (secondary N) is 2. The average Bonchev–Trinajstić information content (AvgIpc) is 3.03. The van der Waals surface area contributed by atoms with Gasteiger partial charge in [0.2, 0.25) is 0 Å². The molecule has 0 amide bonds. The van der Waals surface area contributed by atoms with Crippen LogP contribution in [0.1, 0.15) is 30.7 Å². The topological polar surface area (TPSA) is 89.2 Å². The van der Waals surface area contributed by atoms with Crippen molar-refractivity contribution < 1.29 is 4.74 Å². The molecule has 3 rings (SSSR count). The molecule has 0 fully saturated rings. The lowest BCUT2D eigenvalue weighted by Gasteiger charge is -2.25. The second-order valence-electron chi connectivity index (χ2n) is 5.96. The first-order valence-corrected chi connectivity index (χ1v) is 8.64. The molecule has 1 aliphatic heterocycles. The van der Waals surface area contributed by atoms with Crippen molar-refractivity contribution in [2.24, 2.45) is 4.99 Å². The smallest absolute Gasteiger partial charge is 0.191 e. The van der Waals surface area contributed by atoms with Crippen molar-refractivity contribution in [2.45, 2.75) is 45.5 Å². The molecule has 0 spiro atoms. The lowest BCUT2D eigenvalue weighted by Crippen LogP contribution is -2.47. The Morgan fingerprint density at radius 2 is 2.31 bits per heavy atom. The van der Waals surface area contributed by atoms with E-state index in [9.17, 15) is 0 Å². The second-order valence-corrected chi connectivity index (χ2v) is 5.96. The Bertz CT molecular complexity index is 704. The number of aromatic nitrogens is 4. The van der Waals surface area contributed by atoms with Gasteiger partial charge in [0.1, 0.15) is 12.4 Å². The second kappa shape index (κ2) is 10.4. The van der Waals surface area contributed by atoms with E-state index in [1.165, 1.54) is 0 Å². The van der Waals surface area contributed by atoms with E-state index in [2.05, 4.69) is 37.6 Å². The summed E-state index contributed by atoms with van der Waals surface area (Å²) < 4.78 is 7.08. The van der Waals surface area contributed by atoms with Crippen molar-refractivity contribution >= 4 is 29.9 Å². The van der Waals surface area contributed by atoms with Gasteiger partial charge in [-0.25, -0.2) is 14.7 Å². The summed E-state index contributed by atoms with van der Waals surface area (Å²) >= 11 is 0. The number of aliphatic imine (C=N–C) groups is 1. The number of hydrogen-bond acceptors (Lipinski definition) is 5. The van der Waals surface area contributed by atoms with Gasteiger partial charge < -0.3 is 15.4 Å². The molecule has 0 saturated carbocycles. The van der Waals surface area contributed by atoms with Crippen molar-refractivity contribution in [1.29, 1.82) is 0 Å². The zero-order chi connectivity index (χ0) is 17.5. The molecule has 9 heteroatoms.